The van der Waals surface area contributed by atoms with Gasteiger partial charge in [0.25, 0.3) is 0 Å². The van der Waals surface area contributed by atoms with Gasteiger partial charge in [-0.2, -0.15) is 0 Å². The first-order valence-electron chi connectivity index (χ1n) is 8.74. The van der Waals surface area contributed by atoms with Gasteiger partial charge in [-0.25, -0.2) is 4.68 Å². The highest BCUT2D eigenvalue weighted by atomic mass is 32.2. The van der Waals surface area contributed by atoms with Crippen molar-refractivity contribution in [3.8, 4) is 11.5 Å². The molecule has 0 aliphatic carbocycles. The zero-order chi connectivity index (χ0) is 19.2. The van der Waals surface area contributed by atoms with Crippen molar-refractivity contribution in [3.05, 3.63) is 65.0 Å². The van der Waals surface area contributed by atoms with E-state index < -0.39 is 0 Å². The summed E-state index contributed by atoms with van der Waals surface area (Å²) in [4.78, 5) is 0. The fourth-order valence-electron chi connectivity index (χ4n) is 2.60. The summed E-state index contributed by atoms with van der Waals surface area (Å²) in [7, 11) is 0. The van der Waals surface area contributed by atoms with Crippen molar-refractivity contribution in [2.75, 3.05) is 18.2 Å². The topological polar surface area (TPSA) is 75.2 Å². The summed E-state index contributed by atoms with van der Waals surface area (Å²) in [6, 6.07) is 14.1. The van der Waals surface area contributed by atoms with Crippen LogP contribution >= 0.6 is 11.8 Å². The Labute approximate surface area is 163 Å². The minimum absolute atomic E-state index is 0.271. The molecule has 0 radical (unpaired) electrons. The third kappa shape index (κ3) is 5.40. The Morgan fingerprint density at radius 3 is 2.30 bits per heavy atom. The molecule has 0 aliphatic heterocycles. The molecule has 3 rings (SSSR count). The number of nitrogens with two attached hydrogens (primary N) is 1. The Bertz CT molecular complexity index is 873. The minimum Gasteiger partial charge on any atom is -0.493 e. The first-order valence-corrected chi connectivity index (χ1v) is 9.72. The summed E-state index contributed by atoms with van der Waals surface area (Å²) in [5.74, 6) is 9.05. The van der Waals surface area contributed by atoms with Crippen molar-refractivity contribution < 1.29 is 9.47 Å². The molecule has 6 nitrogen and oxygen atoms in total. The fraction of sp³-hybridized carbons (Fsp3) is 0.300. The Kier molecular flexibility index (Phi) is 6.24. The molecule has 0 aliphatic rings. The van der Waals surface area contributed by atoms with Crippen molar-refractivity contribution in [3.63, 3.8) is 0 Å². The molecular formula is C20H24N4O2S. The van der Waals surface area contributed by atoms with Crippen molar-refractivity contribution in [2.45, 2.75) is 32.5 Å². The van der Waals surface area contributed by atoms with E-state index in [-0.39, 0.29) is 6.61 Å². The lowest BCUT2D eigenvalue weighted by Gasteiger charge is -2.08. The van der Waals surface area contributed by atoms with Crippen LogP contribution in [0.25, 0.3) is 0 Å². The number of nitrogen functional groups attached to an aromatic ring is 1. The predicted octanol–water partition coefficient (Wildman–Crippen LogP) is 3.67. The highest BCUT2D eigenvalue weighted by Crippen LogP contribution is 2.19. The van der Waals surface area contributed by atoms with Gasteiger partial charge in [0.15, 0.2) is 5.82 Å². The van der Waals surface area contributed by atoms with Crippen LogP contribution in [0, 0.1) is 20.8 Å². The highest BCUT2D eigenvalue weighted by Gasteiger charge is 2.11. The normalized spacial score (nSPS) is 10.8. The predicted molar refractivity (Wildman–Crippen MR) is 108 cm³/mol. The van der Waals surface area contributed by atoms with Crippen LogP contribution in [0.15, 0.2) is 47.6 Å². The van der Waals surface area contributed by atoms with Crippen LogP contribution in [-0.4, -0.2) is 27.2 Å². The van der Waals surface area contributed by atoms with Gasteiger partial charge in [0.05, 0.1) is 6.61 Å². The maximum absolute atomic E-state index is 6.09. The minimum atomic E-state index is 0.271. The van der Waals surface area contributed by atoms with E-state index in [0.29, 0.717) is 17.6 Å². The Balaban J connectivity index is 1.48. The van der Waals surface area contributed by atoms with Crippen LogP contribution in [0.3, 0.4) is 0 Å². The summed E-state index contributed by atoms with van der Waals surface area (Å²) in [5, 5.41) is 8.90. The lowest BCUT2D eigenvalue weighted by Crippen LogP contribution is -2.16. The summed E-state index contributed by atoms with van der Waals surface area (Å²) in [6.07, 6.45) is 0. The Morgan fingerprint density at radius 1 is 0.889 bits per heavy atom. The number of thioether (sulfide) groups is 1. The van der Waals surface area contributed by atoms with E-state index >= 15 is 0 Å². The van der Waals surface area contributed by atoms with Crippen LogP contribution in [-0.2, 0) is 6.61 Å². The van der Waals surface area contributed by atoms with Gasteiger partial charge < -0.3 is 15.3 Å². The molecule has 0 atom stereocenters. The average Bonchev–Trinajstić information content (AvgIpc) is 2.98. The summed E-state index contributed by atoms with van der Waals surface area (Å²) in [6.45, 7) is 6.97. The molecule has 0 bridgehead atoms. The SMILES string of the molecule is Cc1ccc(OCCSc2nnc(COc3cc(C)cc(C)c3)n2N)cc1. The number of nitrogens with zero attached hydrogens (tertiary/aromatic N) is 3. The molecule has 0 saturated carbocycles. The Hall–Kier alpha value is -2.67. The van der Waals surface area contributed by atoms with Crippen LogP contribution in [0.2, 0.25) is 0 Å². The number of aromatic nitrogens is 3. The van der Waals surface area contributed by atoms with Gasteiger partial charge in [-0.05, 0) is 56.2 Å². The molecule has 0 fully saturated rings. The summed E-state index contributed by atoms with van der Waals surface area (Å²) < 4.78 is 13.0. The molecular weight excluding hydrogens is 360 g/mol. The quantitative estimate of drug-likeness (QED) is 0.363. The van der Waals surface area contributed by atoms with Gasteiger partial charge in [0.1, 0.15) is 18.1 Å². The Morgan fingerprint density at radius 2 is 1.59 bits per heavy atom. The monoisotopic (exact) mass is 384 g/mol. The molecule has 0 unspecified atom stereocenters. The number of hydrogen-bond acceptors (Lipinski definition) is 6. The third-order valence-electron chi connectivity index (χ3n) is 3.90. The zero-order valence-electron chi connectivity index (χ0n) is 15.8. The molecule has 1 aromatic heterocycles. The van der Waals surface area contributed by atoms with E-state index in [4.69, 9.17) is 15.3 Å². The van der Waals surface area contributed by atoms with E-state index in [1.165, 1.54) is 22.0 Å². The first kappa shape index (κ1) is 19.1. The van der Waals surface area contributed by atoms with Crippen LogP contribution < -0.4 is 15.3 Å². The molecule has 27 heavy (non-hydrogen) atoms. The lowest BCUT2D eigenvalue weighted by molar-refractivity contribution is 0.291. The summed E-state index contributed by atoms with van der Waals surface area (Å²) in [5.41, 5.74) is 3.52. The molecule has 0 amide bonds. The molecule has 2 N–H and O–H groups in total. The van der Waals surface area contributed by atoms with Gasteiger partial charge in [0.2, 0.25) is 5.16 Å². The second-order valence-corrected chi connectivity index (χ2v) is 7.45. The zero-order valence-corrected chi connectivity index (χ0v) is 16.6. The van der Waals surface area contributed by atoms with Gasteiger partial charge >= 0.3 is 0 Å². The summed E-state index contributed by atoms with van der Waals surface area (Å²) >= 11 is 1.50. The number of rotatable bonds is 8. The number of hydrogen-bond donors (Lipinski definition) is 1. The standard InChI is InChI=1S/C20H24N4O2S/c1-14-4-6-17(7-5-14)25-8-9-27-20-23-22-19(24(20)21)13-26-18-11-15(2)10-16(3)12-18/h4-7,10-12H,8-9,13,21H2,1-3H3. The van der Waals surface area contributed by atoms with Gasteiger partial charge in [0, 0.05) is 5.75 Å². The fourth-order valence-corrected chi connectivity index (χ4v) is 3.29. The molecule has 1 heterocycles. The van der Waals surface area contributed by atoms with E-state index in [0.717, 1.165) is 28.4 Å². The smallest absolute Gasteiger partial charge is 0.210 e. The largest absolute Gasteiger partial charge is 0.493 e. The van der Waals surface area contributed by atoms with Crippen molar-refractivity contribution in [1.29, 1.82) is 0 Å². The number of benzene rings is 2. The molecule has 142 valence electrons. The van der Waals surface area contributed by atoms with Crippen LogP contribution in [0.1, 0.15) is 22.5 Å². The maximum Gasteiger partial charge on any atom is 0.210 e. The first-order chi connectivity index (χ1) is 13.0. The van der Waals surface area contributed by atoms with Gasteiger partial charge in [-0.1, -0.05) is 35.5 Å². The van der Waals surface area contributed by atoms with Crippen LogP contribution in [0.5, 0.6) is 11.5 Å². The van der Waals surface area contributed by atoms with Gasteiger partial charge in [-0.15, -0.1) is 10.2 Å². The lowest BCUT2D eigenvalue weighted by atomic mass is 10.1. The van der Waals surface area contributed by atoms with Crippen molar-refractivity contribution in [1.82, 2.24) is 14.9 Å². The number of ether oxygens (including phenoxy) is 2. The van der Waals surface area contributed by atoms with Gasteiger partial charge in [-0.3, -0.25) is 0 Å². The van der Waals surface area contributed by atoms with Crippen molar-refractivity contribution in [2.24, 2.45) is 0 Å². The maximum atomic E-state index is 6.09. The van der Waals surface area contributed by atoms with Crippen molar-refractivity contribution >= 4 is 11.8 Å². The number of aryl methyl sites for hydroxylation is 3. The van der Waals surface area contributed by atoms with E-state index in [1.807, 2.05) is 50.2 Å². The molecule has 2 aromatic carbocycles. The second-order valence-electron chi connectivity index (χ2n) is 6.39. The van der Waals surface area contributed by atoms with E-state index in [2.05, 4.69) is 23.2 Å². The average molecular weight is 385 g/mol. The molecule has 0 saturated heterocycles. The van der Waals surface area contributed by atoms with E-state index in [1.54, 1.807) is 0 Å². The third-order valence-corrected chi connectivity index (χ3v) is 4.81. The highest BCUT2D eigenvalue weighted by molar-refractivity contribution is 7.99. The molecule has 0 spiro atoms. The van der Waals surface area contributed by atoms with Crippen LogP contribution in [0.4, 0.5) is 0 Å². The molecule has 7 heteroatoms. The molecule has 3 aromatic rings. The second kappa shape index (κ2) is 8.81. The van der Waals surface area contributed by atoms with E-state index in [9.17, 15) is 0 Å².